The molecule has 0 amide bonds. The Morgan fingerprint density at radius 3 is 2.50 bits per heavy atom. The van der Waals surface area contributed by atoms with Crippen LogP contribution in [0.1, 0.15) is 16.0 Å². The molecule has 0 saturated carbocycles. The van der Waals surface area contributed by atoms with Crippen molar-refractivity contribution in [3.63, 3.8) is 0 Å². The van der Waals surface area contributed by atoms with Gasteiger partial charge in [-0.2, -0.15) is 0 Å². The van der Waals surface area contributed by atoms with E-state index in [2.05, 4.69) is 73.7 Å². The van der Waals surface area contributed by atoms with Crippen molar-refractivity contribution in [2.45, 2.75) is 6.92 Å². The Hall–Kier alpha value is -1.86. The number of thiophene rings is 1. The predicted octanol–water partition coefficient (Wildman–Crippen LogP) is 5.38. The Morgan fingerprint density at radius 1 is 0.889 bits per heavy atom. The van der Waals surface area contributed by atoms with Crippen molar-refractivity contribution < 1.29 is 0 Å². The summed E-state index contributed by atoms with van der Waals surface area (Å²) >= 11 is 1.84. The maximum absolute atomic E-state index is 2.24. The van der Waals surface area contributed by atoms with Gasteiger partial charge in [-0.1, -0.05) is 48.5 Å². The molecule has 88 valence electrons. The summed E-state index contributed by atoms with van der Waals surface area (Å²) in [4.78, 5) is 1.31. The third-order valence-corrected chi connectivity index (χ3v) is 4.14. The molecule has 3 rings (SSSR count). The Kier molecular flexibility index (Phi) is 2.99. The van der Waals surface area contributed by atoms with Crippen LogP contribution >= 0.6 is 11.3 Å². The molecule has 3 aromatic rings. The minimum atomic E-state index is 1.29. The van der Waals surface area contributed by atoms with E-state index >= 15 is 0 Å². The van der Waals surface area contributed by atoms with E-state index in [1.807, 2.05) is 11.3 Å². The zero-order chi connectivity index (χ0) is 12.4. The lowest BCUT2D eigenvalue weighted by Gasteiger charge is -1.97. The average molecular weight is 250 g/mol. The van der Waals surface area contributed by atoms with E-state index in [0.29, 0.717) is 0 Å². The predicted molar refractivity (Wildman–Crippen MR) is 81.9 cm³/mol. The largest absolute Gasteiger partial charge is 0.136 e. The molecule has 0 N–H and O–H groups in total. The molecule has 0 unspecified atom stereocenters. The van der Waals surface area contributed by atoms with Crippen LogP contribution in [-0.4, -0.2) is 0 Å². The second kappa shape index (κ2) is 4.79. The van der Waals surface area contributed by atoms with Crippen molar-refractivity contribution in [1.29, 1.82) is 0 Å². The van der Waals surface area contributed by atoms with Gasteiger partial charge in [-0.25, -0.2) is 0 Å². The van der Waals surface area contributed by atoms with Gasteiger partial charge < -0.3 is 0 Å². The van der Waals surface area contributed by atoms with Crippen LogP contribution in [0.4, 0.5) is 0 Å². The van der Waals surface area contributed by atoms with Crippen molar-refractivity contribution in [3.05, 3.63) is 70.6 Å². The van der Waals surface area contributed by atoms with Gasteiger partial charge >= 0.3 is 0 Å². The summed E-state index contributed by atoms with van der Waals surface area (Å²) in [5.74, 6) is 0. The van der Waals surface area contributed by atoms with Gasteiger partial charge in [-0.05, 0) is 41.6 Å². The Balaban J connectivity index is 1.95. The van der Waals surface area contributed by atoms with Crippen molar-refractivity contribution in [3.8, 4) is 0 Å². The summed E-state index contributed by atoms with van der Waals surface area (Å²) < 4.78 is 1.35. The van der Waals surface area contributed by atoms with Gasteiger partial charge in [0.2, 0.25) is 0 Å². The number of hydrogen-bond acceptors (Lipinski definition) is 1. The van der Waals surface area contributed by atoms with Gasteiger partial charge in [-0.3, -0.25) is 0 Å². The van der Waals surface area contributed by atoms with Gasteiger partial charge in [0.1, 0.15) is 0 Å². The van der Waals surface area contributed by atoms with Crippen LogP contribution < -0.4 is 0 Å². The van der Waals surface area contributed by atoms with Gasteiger partial charge in [0.15, 0.2) is 0 Å². The van der Waals surface area contributed by atoms with Crippen LogP contribution in [0.2, 0.25) is 0 Å². The highest BCUT2D eigenvalue weighted by Gasteiger charge is 1.98. The maximum Gasteiger partial charge on any atom is 0.0349 e. The molecule has 18 heavy (non-hydrogen) atoms. The molecule has 0 spiro atoms. The zero-order valence-electron chi connectivity index (χ0n) is 10.3. The highest BCUT2D eigenvalue weighted by Crippen LogP contribution is 2.26. The molecule has 1 heteroatoms. The maximum atomic E-state index is 2.24. The smallest absolute Gasteiger partial charge is 0.0349 e. The van der Waals surface area contributed by atoms with Gasteiger partial charge in [-0.15, -0.1) is 11.3 Å². The first-order valence-electron chi connectivity index (χ1n) is 6.05. The van der Waals surface area contributed by atoms with Crippen LogP contribution in [0.15, 0.2) is 54.6 Å². The average Bonchev–Trinajstić information content (AvgIpc) is 2.80. The lowest BCUT2D eigenvalue weighted by atomic mass is 10.1. The number of rotatable bonds is 2. The molecule has 0 aliphatic rings. The van der Waals surface area contributed by atoms with Gasteiger partial charge in [0, 0.05) is 9.58 Å². The molecular formula is C17H14S. The Labute approximate surface area is 111 Å². The van der Waals surface area contributed by atoms with Gasteiger partial charge in [0.25, 0.3) is 0 Å². The second-order valence-electron chi connectivity index (χ2n) is 4.38. The lowest BCUT2D eigenvalue weighted by molar-refractivity contribution is 1.45. The minimum absolute atomic E-state index is 1.29. The molecule has 0 nitrogen and oxygen atoms in total. The van der Waals surface area contributed by atoms with E-state index in [-0.39, 0.29) is 0 Å². The van der Waals surface area contributed by atoms with Gasteiger partial charge in [0.05, 0.1) is 0 Å². The van der Waals surface area contributed by atoms with E-state index < -0.39 is 0 Å². The fraction of sp³-hybridized carbons (Fsp3) is 0.0588. The molecular weight excluding hydrogens is 236 g/mol. The highest BCUT2D eigenvalue weighted by atomic mass is 32.1. The highest BCUT2D eigenvalue weighted by molar-refractivity contribution is 7.19. The minimum Gasteiger partial charge on any atom is -0.136 e. The Morgan fingerprint density at radius 2 is 1.67 bits per heavy atom. The molecule has 0 aliphatic carbocycles. The van der Waals surface area contributed by atoms with E-state index in [4.69, 9.17) is 0 Å². The van der Waals surface area contributed by atoms with Crippen LogP contribution in [0, 0.1) is 6.92 Å². The summed E-state index contributed by atoms with van der Waals surface area (Å²) in [6.07, 6.45) is 4.40. The second-order valence-corrected chi connectivity index (χ2v) is 5.49. The molecule has 1 heterocycles. The first kappa shape index (κ1) is 11.2. The van der Waals surface area contributed by atoms with Crippen molar-refractivity contribution >= 4 is 33.6 Å². The zero-order valence-corrected chi connectivity index (χ0v) is 11.1. The number of benzene rings is 2. The normalized spacial score (nSPS) is 11.4. The fourth-order valence-corrected chi connectivity index (χ4v) is 3.00. The first-order chi connectivity index (χ1) is 8.83. The number of aryl methyl sites for hydroxylation is 1. The van der Waals surface area contributed by atoms with Crippen LogP contribution in [-0.2, 0) is 0 Å². The summed E-state index contributed by atoms with van der Waals surface area (Å²) in [6.45, 7) is 2.14. The van der Waals surface area contributed by atoms with Crippen LogP contribution in [0.3, 0.4) is 0 Å². The monoisotopic (exact) mass is 250 g/mol. The van der Waals surface area contributed by atoms with E-state index in [1.165, 1.54) is 26.1 Å². The quantitative estimate of drug-likeness (QED) is 0.572. The molecule has 0 radical (unpaired) electrons. The molecule has 0 bridgehead atoms. The third kappa shape index (κ3) is 2.22. The molecule has 0 saturated heterocycles. The lowest BCUT2D eigenvalue weighted by Crippen LogP contribution is -1.77. The summed E-state index contributed by atoms with van der Waals surface area (Å²) in [5, 5.41) is 1.33. The third-order valence-electron chi connectivity index (χ3n) is 3.06. The number of fused-ring (bicyclic) bond motifs is 1. The standard InChI is InChI=1S/C17H14S/c1-13-6-2-3-7-14(13)10-11-16-12-15-8-4-5-9-17(15)18-16/h2-12H,1H3. The molecule has 0 fully saturated rings. The van der Waals surface area contributed by atoms with E-state index in [1.54, 1.807) is 0 Å². The van der Waals surface area contributed by atoms with Crippen molar-refractivity contribution in [1.82, 2.24) is 0 Å². The topological polar surface area (TPSA) is 0 Å². The number of hydrogen-bond donors (Lipinski definition) is 0. The first-order valence-corrected chi connectivity index (χ1v) is 6.87. The molecule has 1 aromatic heterocycles. The molecule has 0 atom stereocenters. The van der Waals surface area contributed by atoms with Crippen molar-refractivity contribution in [2.24, 2.45) is 0 Å². The summed E-state index contributed by atoms with van der Waals surface area (Å²) in [6, 6.07) is 19.2. The van der Waals surface area contributed by atoms with E-state index in [0.717, 1.165) is 0 Å². The fourth-order valence-electron chi connectivity index (χ4n) is 2.03. The summed E-state index contributed by atoms with van der Waals surface area (Å²) in [7, 11) is 0. The molecule has 0 aliphatic heterocycles. The Bertz CT molecular complexity index is 671. The van der Waals surface area contributed by atoms with E-state index in [9.17, 15) is 0 Å². The van der Waals surface area contributed by atoms with Crippen LogP contribution in [0.25, 0.3) is 22.2 Å². The van der Waals surface area contributed by atoms with Crippen molar-refractivity contribution in [2.75, 3.05) is 0 Å². The summed E-state index contributed by atoms with van der Waals surface area (Å²) in [5.41, 5.74) is 2.60. The SMILES string of the molecule is Cc1ccccc1C=Cc1cc2ccccc2s1. The molecule has 2 aromatic carbocycles. The van der Waals surface area contributed by atoms with Crippen LogP contribution in [0.5, 0.6) is 0 Å².